The largest absolute Gasteiger partial charge is 0.514 e. The predicted octanol–water partition coefficient (Wildman–Crippen LogP) is 3.66. The Kier molecular flexibility index (Phi) is 5.14. The minimum atomic E-state index is -2.31. The molecule has 0 aromatic heterocycles. The fraction of sp³-hybridized carbons (Fsp3) is 0.545. The van der Waals surface area contributed by atoms with Crippen molar-refractivity contribution in [2.45, 2.75) is 39.4 Å². The summed E-state index contributed by atoms with van der Waals surface area (Å²) in [6.07, 6.45) is 3.35. The van der Waals surface area contributed by atoms with E-state index in [1.807, 2.05) is 0 Å². The summed E-state index contributed by atoms with van der Waals surface area (Å²) in [5, 5.41) is 0. The summed E-state index contributed by atoms with van der Waals surface area (Å²) >= 11 is 0. The fourth-order valence-electron chi connectivity index (χ4n) is 1.01. The van der Waals surface area contributed by atoms with E-state index < -0.39 is 17.9 Å². The zero-order valence-corrected chi connectivity index (χ0v) is 9.79. The van der Waals surface area contributed by atoms with Crippen molar-refractivity contribution in [2.24, 2.45) is 0 Å². The minimum Gasteiger partial charge on any atom is -0.394 e. The van der Waals surface area contributed by atoms with Crippen LogP contribution in [0.2, 0.25) is 0 Å². The Balaban J connectivity index is 4.40. The molecule has 2 atom stereocenters. The summed E-state index contributed by atoms with van der Waals surface area (Å²) in [5.74, 6) is -4.62. The van der Waals surface area contributed by atoms with E-state index >= 15 is 0 Å². The fourth-order valence-corrected chi connectivity index (χ4v) is 1.01. The highest BCUT2D eigenvalue weighted by molar-refractivity contribution is 5.61. The van der Waals surface area contributed by atoms with Gasteiger partial charge in [-0.05, 0) is 26.0 Å². The van der Waals surface area contributed by atoms with Crippen LogP contribution in [0.4, 0.5) is 13.6 Å². The Morgan fingerprint density at radius 1 is 1.00 bits per heavy atom. The van der Waals surface area contributed by atoms with Gasteiger partial charge in [-0.15, -0.1) is 0 Å². The van der Waals surface area contributed by atoms with Gasteiger partial charge >= 0.3 is 6.16 Å². The number of allylic oxidation sites excluding steroid dienone is 2. The van der Waals surface area contributed by atoms with Crippen molar-refractivity contribution in [3.05, 3.63) is 24.3 Å². The van der Waals surface area contributed by atoms with Gasteiger partial charge in [0.15, 0.2) is 0 Å². The molecule has 0 aliphatic rings. The number of ether oxygens (including phenoxy) is 2. The van der Waals surface area contributed by atoms with Crippen LogP contribution >= 0.6 is 0 Å². The van der Waals surface area contributed by atoms with Crippen LogP contribution < -0.4 is 0 Å². The van der Waals surface area contributed by atoms with E-state index in [2.05, 4.69) is 9.47 Å². The molecule has 0 heterocycles. The molecule has 0 aliphatic carbocycles. The van der Waals surface area contributed by atoms with Gasteiger partial charge < -0.3 is 9.47 Å². The predicted molar refractivity (Wildman–Crippen MR) is 56.2 cm³/mol. The molecule has 0 amide bonds. The maximum absolute atomic E-state index is 13.4. The lowest BCUT2D eigenvalue weighted by molar-refractivity contribution is -0.121. The highest BCUT2D eigenvalue weighted by Gasteiger charge is 2.31. The summed E-state index contributed by atoms with van der Waals surface area (Å²) < 4.78 is 35.2. The average Bonchev–Trinajstić information content (AvgIpc) is 1.99. The minimum absolute atomic E-state index is 1.01. The molecule has 0 aliphatic heterocycles. The number of carbonyl (C=O) groups is 1. The molecule has 0 bridgehead atoms. The molecule has 2 unspecified atom stereocenters. The van der Waals surface area contributed by atoms with Gasteiger partial charge in [0.25, 0.3) is 11.7 Å². The number of alkyl halides is 2. The van der Waals surface area contributed by atoms with E-state index in [9.17, 15) is 13.6 Å². The molecule has 0 N–H and O–H groups in total. The van der Waals surface area contributed by atoms with Crippen molar-refractivity contribution in [1.82, 2.24) is 0 Å². The molecule has 3 nitrogen and oxygen atoms in total. The Labute approximate surface area is 93.7 Å². The van der Waals surface area contributed by atoms with E-state index in [0.717, 1.165) is 26.0 Å². The number of rotatable bonds is 4. The van der Waals surface area contributed by atoms with E-state index in [4.69, 9.17) is 0 Å². The van der Waals surface area contributed by atoms with E-state index in [0.29, 0.717) is 0 Å². The zero-order chi connectivity index (χ0) is 12.8. The van der Waals surface area contributed by atoms with Gasteiger partial charge in [-0.2, -0.15) is 8.78 Å². The van der Waals surface area contributed by atoms with Crippen molar-refractivity contribution in [2.75, 3.05) is 0 Å². The Morgan fingerprint density at radius 3 is 1.56 bits per heavy atom. The molecule has 0 aromatic rings. The highest BCUT2D eigenvalue weighted by Crippen LogP contribution is 2.20. The Morgan fingerprint density at radius 2 is 1.31 bits per heavy atom. The highest BCUT2D eigenvalue weighted by atomic mass is 19.2. The van der Waals surface area contributed by atoms with Gasteiger partial charge in [0.2, 0.25) is 0 Å². The lowest BCUT2D eigenvalue weighted by Crippen LogP contribution is -2.30. The molecule has 0 saturated carbocycles. The monoisotopic (exact) mass is 234 g/mol. The number of halogens is 2. The van der Waals surface area contributed by atoms with Crippen molar-refractivity contribution in [3.8, 4) is 0 Å². The molecule has 0 rings (SSSR count). The first-order chi connectivity index (χ1) is 7.22. The third kappa shape index (κ3) is 6.16. The number of hydrogen-bond donors (Lipinski definition) is 0. The van der Waals surface area contributed by atoms with Crippen LogP contribution in [0.3, 0.4) is 0 Å². The molecule has 0 saturated heterocycles. The van der Waals surface area contributed by atoms with Crippen LogP contribution in [0.5, 0.6) is 0 Å². The van der Waals surface area contributed by atoms with Crippen LogP contribution in [0, 0.1) is 0 Å². The smallest absolute Gasteiger partial charge is 0.394 e. The Bertz CT molecular complexity index is 266. The van der Waals surface area contributed by atoms with Gasteiger partial charge in [-0.25, -0.2) is 4.79 Å². The van der Waals surface area contributed by atoms with Crippen molar-refractivity contribution >= 4 is 6.16 Å². The summed E-state index contributed by atoms with van der Waals surface area (Å²) in [4.78, 5) is 11.0. The van der Waals surface area contributed by atoms with E-state index in [1.165, 1.54) is 12.2 Å². The van der Waals surface area contributed by atoms with Gasteiger partial charge in [-0.3, -0.25) is 0 Å². The maximum atomic E-state index is 13.4. The van der Waals surface area contributed by atoms with Crippen LogP contribution in [0.15, 0.2) is 24.3 Å². The second-order valence-electron chi connectivity index (χ2n) is 3.43. The molecular weight excluding hydrogens is 218 g/mol. The normalized spacial score (nSPS) is 19.4. The average molecular weight is 234 g/mol. The van der Waals surface area contributed by atoms with Gasteiger partial charge in [-0.1, -0.05) is 12.2 Å². The maximum Gasteiger partial charge on any atom is 0.514 e. The molecule has 92 valence electrons. The first-order valence-electron chi connectivity index (χ1n) is 4.80. The molecule has 0 aromatic carbocycles. The molecule has 0 fully saturated rings. The van der Waals surface area contributed by atoms with Crippen molar-refractivity contribution in [1.29, 1.82) is 0 Å². The lowest BCUT2D eigenvalue weighted by atomic mass is 10.3. The third-order valence-electron chi connectivity index (χ3n) is 1.49. The van der Waals surface area contributed by atoms with Crippen LogP contribution in [0.1, 0.15) is 27.7 Å². The van der Waals surface area contributed by atoms with Gasteiger partial charge in [0, 0.05) is 13.8 Å². The van der Waals surface area contributed by atoms with Gasteiger partial charge in [0.05, 0.1) is 0 Å². The lowest BCUT2D eigenvalue weighted by Gasteiger charge is -2.20. The molecule has 0 radical (unpaired) electrons. The molecule has 16 heavy (non-hydrogen) atoms. The first kappa shape index (κ1) is 14.6. The molecular formula is C11H16F2O3. The summed E-state index contributed by atoms with van der Waals surface area (Å²) in [7, 11) is 0. The summed E-state index contributed by atoms with van der Waals surface area (Å²) in [6.45, 7) is 5.15. The van der Waals surface area contributed by atoms with Crippen LogP contribution in [-0.2, 0) is 9.47 Å². The van der Waals surface area contributed by atoms with Crippen LogP contribution in [-0.4, -0.2) is 17.9 Å². The number of carbonyl (C=O) groups excluding carboxylic acids is 1. The summed E-state index contributed by atoms with van der Waals surface area (Å²) in [6, 6.07) is 0. The van der Waals surface area contributed by atoms with E-state index in [1.54, 1.807) is 13.8 Å². The third-order valence-corrected chi connectivity index (χ3v) is 1.49. The standard InChI is InChI=1S/C11H16F2O3/c1-5-7-10(3,12)15-9(14)16-11(4,13)8-6-2/h5-8H,1-4H3. The number of hydrogen-bond acceptors (Lipinski definition) is 3. The SMILES string of the molecule is CC=CC(C)(F)OC(=O)OC(C)(F)C=CC. The molecule has 5 heteroatoms. The van der Waals surface area contributed by atoms with Crippen molar-refractivity contribution < 1.29 is 23.0 Å². The van der Waals surface area contributed by atoms with Crippen molar-refractivity contribution in [3.63, 3.8) is 0 Å². The first-order valence-corrected chi connectivity index (χ1v) is 4.80. The Hall–Kier alpha value is -1.39. The second-order valence-corrected chi connectivity index (χ2v) is 3.43. The topological polar surface area (TPSA) is 35.5 Å². The summed E-state index contributed by atoms with van der Waals surface area (Å²) in [5.41, 5.74) is 0. The van der Waals surface area contributed by atoms with E-state index in [-0.39, 0.29) is 0 Å². The quantitative estimate of drug-likeness (QED) is 0.550. The zero-order valence-electron chi connectivity index (χ0n) is 9.79. The van der Waals surface area contributed by atoms with Gasteiger partial charge in [0.1, 0.15) is 0 Å². The molecule has 0 spiro atoms. The second kappa shape index (κ2) is 5.63. The van der Waals surface area contributed by atoms with Crippen LogP contribution in [0.25, 0.3) is 0 Å².